The molecule has 0 atom stereocenters. The van der Waals surface area contributed by atoms with Crippen LogP contribution in [0.5, 0.6) is 0 Å². The van der Waals surface area contributed by atoms with E-state index >= 15 is 0 Å². The van der Waals surface area contributed by atoms with Gasteiger partial charge in [0.1, 0.15) is 0 Å². The molecule has 2 heteroatoms. The van der Waals surface area contributed by atoms with E-state index in [9.17, 15) is 0 Å². The third kappa shape index (κ3) is 3.12. The van der Waals surface area contributed by atoms with Crippen molar-refractivity contribution in [3.8, 4) is 0 Å². The number of benzene rings is 3. The van der Waals surface area contributed by atoms with Gasteiger partial charge in [0.05, 0.1) is 11.4 Å². The van der Waals surface area contributed by atoms with Gasteiger partial charge in [0, 0.05) is 11.4 Å². The number of anilines is 4. The lowest BCUT2D eigenvalue weighted by molar-refractivity contribution is 1.36. The molecule has 0 spiro atoms. The first kappa shape index (κ1) is 14.2. The van der Waals surface area contributed by atoms with E-state index in [1.165, 1.54) is 11.1 Å². The highest BCUT2D eigenvalue weighted by molar-refractivity contribution is 5.83. The van der Waals surface area contributed by atoms with Crippen LogP contribution in [0.4, 0.5) is 22.7 Å². The summed E-state index contributed by atoms with van der Waals surface area (Å²) in [5, 5.41) is 7.08. The number of nitrogens with one attached hydrogen (secondary N) is 2. The molecule has 0 bridgehead atoms. The van der Waals surface area contributed by atoms with Crippen molar-refractivity contribution in [1.82, 2.24) is 0 Å². The molecular weight excluding hydrogens is 268 g/mol. The zero-order chi connectivity index (χ0) is 15.4. The highest BCUT2D eigenvalue weighted by Gasteiger charge is 2.09. The summed E-state index contributed by atoms with van der Waals surface area (Å²) in [5.74, 6) is 0. The summed E-state index contributed by atoms with van der Waals surface area (Å²) in [6.45, 7) is 4.25. The minimum Gasteiger partial charge on any atom is -0.354 e. The fourth-order valence-corrected chi connectivity index (χ4v) is 2.46. The van der Waals surface area contributed by atoms with Gasteiger partial charge < -0.3 is 10.6 Å². The molecule has 0 amide bonds. The van der Waals surface area contributed by atoms with Gasteiger partial charge in [-0.05, 0) is 49.2 Å². The number of aryl methyl sites for hydroxylation is 2. The highest BCUT2D eigenvalue weighted by atomic mass is 15.0. The van der Waals surface area contributed by atoms with Gasteiger partial charge in [-0.15, -0.1) is 0 Å². The molecule has 0 unspecified atom stereocenters. The Labute approximate surface area is 131 Å². The summed E-state index contributed by atoms with van der Waals surface area (Å²) < 4.78 is 0. The molecule has 3 aromatic carbocycles. The number of hydrogen-bond acceptors (Lipinski definition) is 2. The number of hydrogen-bond donors (Lipinski definition) is 2. The van der Waals surface area contributed by atoms with Gasteiger partial charge >= 0.3 is 0 Å². The van der Waals surface area contributed by atoms with Crippen LogP contribution in [-0.4, -0.2) is 0 Å². The molecule has 0 saturated carbocycles. The number of para-hydroxylation sites is 2. The SMILES string of the molecule is Cc1ccc(C)c(Nc2ccccc2)c1Nc1ccccc1. The molecule has 0 aliphatic rings. The second-order valence-electron chi connectivity index (χ2n) is 5.43. The summed E-state index contributed by atoms with van der Waals surface area (Å²) in [5.41, 5.74) is 6.85. The Morgan fingerprint density at radius 3 is 1.23 bits per heavy atom. The zero-order valence-electron chi connectivity index (χ0n) is 12.9. The first-order valence-electron chi connectivity index (χ1n) is 7.48. The molecule has 0 aromatic heterocycles. The van der Waals surface area contributed by atoms with E-state index in [0.29, 0.717) is 0 Å². The molecule has 0 aliphatic heterocycles. The smallest absolute Gasteiger partial charge is 0.0655 e. The Morgan fingerprint density at radius 1 is 0.500 bits per heavy atom. The van der Waals surface area contributed by atoms with E-state index in [1.807, 2.05) is 36.4 Å². The van der Waals surface area contributed by atoms with Crippen LogP contribution in [0.3, 0.4) is 0 Å². The average Bonchev–Trinajstić information content (AvgIpc) is 2.56. The molecule has 2 nitrogen and oxygen atoms in total. The summed E-state index contributed by atoms with van der Waals surface area (Å²) in [6.07, 6.45) is 0. The number of rotatable bonds is 4. The van der Waals surface area contributed by atoms with E-state index in [2.05, 4.69) is 60.9 Å². The van der Waals surface area contributed by atoms with Crippen molar-refractivity contribution in [3.05, 3.63) is 83.9 Å². The van der Waals surface area contributed by atoms with Gasteiger partial charge in [-0.2, -0.15) is 0 Å². The molecule has 0 radical (unpaired) electrons. The van der Waals surface area contributed by atoms with Gasteiger partial charge in [0.15, 0.2) is 0 Å². The van der Waals surface area contributed by atoms with Crippen molar-refractivity contribution in [1.29, 1.82) is 0 Å². The molecule has 0 aliphatic carbocycles. The van der Waals surface area contributed by atoms with Crippen LogP contribution in [-0.2, 0) is 0 Å². The Hall–Kier alpha value is -2.74. The second kappa shape index (κ2) is 6.35. The minimum absolute atomic E-state index is 1.09. The summed E-state index contributed by atoms with van der Waals surface area (Å²) in [4.78, 5) is 0. The van der Waals surface area contributed by atoms with E-state index in [-0.39, 0.29) is 0 Å². The van der Waals surface area contributed by atoms with Crippen molar-refractivity contribution >= 4 is 22.7 Å². The van der Waals surface area contributed by atoms with Gasteiger partial charge in [-0.1, -0.05) is 48.5 Å². The molecule has 0 fully saturated rings. The quantitative estimate of drug-likeness (QED) is 0.635. The maximum Gasteiger partial charge on any atom is 0.0655 e. The third-order valence-electron chi connectivity index (χ3n) is 3.71. The molecule has 3 aromatic rings. The average molecular weight is 288 g/mol. The van der Waals surface area contributed by atoms with Crippen LogP contribution in [0.1, 0.15) is 11.1 Å². The van der Waals surface area contributed by atoms with Crippen LogP contribution in [0.25, 0.3) is 0 Å². The monoisotopic (exact) mass is 288 g/mol. The summed E-state index contributed by atoms with van der Waals surface area (Å²) in [6, 6.07) is 24.8. The van der Waals surface area contributed by atoms with Crippen LogP contribution in [0, 0.1) is 13.8 Å². The Kier molecular flexibility index (Phi) is 4.10. The first-order chi connectivity index (χ1) is 10.7. The molecular formula is C20H20N2. The minimum atomic E-state index is 1.09. The standard InChI is InChI=1S/C20H20N2/c1-15-13-14-16(2)20(22-18-11-7-4-8-12-18)19(15)21-17-9-5-3-6-10-17/h3-14,21-22H,1-2H3. The van der Waals surface area contributed by atoms with Crippen molar-refractivity contribution < 1.29 is 0 Å². The van der Waals surface area contributed by atoms with E-state index in [0.717, 1.165) is 22.7 Å². The largest absolute Gasteiger partial charge is 0.354 e. The maximum atomic E-state index is 3.54. The zero-order valence-corrected chi connectivity index (χ0v) is 12.9. The Bertz CT molecular complexity index is 683. The van der Waals surface area contributed by atoms with Crippen LogP contribution < -0.4 is 10.6 Å². The second-order valence-corrected chi connectivity index (χ2v) is 5.43. The molecule has 0 saturated heterocycles. The Balaban J connectivity index is 1.99. The first-order valence-corrected chi connectivity index (χ1v) is 7.48. The third-order valence-corrected chi connectivity index (χ3v) is 3.71. The summed E-state index contributed by atoms with van der Waals surface area (Å²) in [7, 11) is 0. The van der Waals surface area contributed by atoms with Crippen molar-refractivity contribution in [2.45, 2.75) is 13.8 Å². The molecule has 110 valence electrons. The molecule has 2 N–H and O–H groups in total. The van der Waals surface area contributed by atoms with E-state index in [1.54, 1.807) is 0 Å². The Morgan fingerprint density at radius 2 is 0.864 bits per heavy atom. The molecule has 3 rings (SSSR count). The van der Waals surface area contributed by atoms with Crippen LogP contribution in [0.2, 0.25) is 0 Å². The van der Waals surface area contributed by atoms with E-state index in [4.69, 9.17) is 0 Å². The molecule has 0 heterocycles. The van der Waals surface area contributed by atoms with Gasteiger partial charge in [-0.3, -0.25) is 0 Å². The normalized spacial score (nSPS) is 10.3. The lowest BCUT2D eigenvalue weighted by Gasteiger charge is -2.19. The summed E-state index contributed by atoms with van der Waals surface area (Å²) >= 11 is 0. The lowest BCUT2D eigenvalue weighted by atomic mass is 10.1. The highest BCUT2D eigenvalue weighted by Crippen LogP contribution is 2.34. The predicted octanol–water partition coefficient (Wildman–Crippen LogP) is 5.79. The maximum absolute atomic E-state index is 3.54. The van der Waals surface area contributed by atoms with Gasteiger partial charge in [0.25, 0.3) is 0 Å². The van der Waals surface area contributed by atoms with Crippen molar-refractivity contribution in [3.63, 3.8) is 0 Å². The van der Waals surface area contributed by atoms with Crippen molar-refractivity contribution in [2.24, 2.45) is 0 Å². The van der Waals surface area contributed by atoms with Gasteiger partial charge in [-0.25, -0.2) is 0 Å². The molecule has 22 heavy (non-hydrogen) atoms. The van der Waals surface area contributed by atoms with Crippen LogP contribution in [0.15, 0.2) is 72.8 Å². The van der Waals surface area contributed by atoms with E-state index < -0.39 is 0 Å². The fraction of sp³-hybridized carbons (Fsp3) is 0.100. The predicted molar refractivity (Wildman–Crippen MR) is 95.4 cm³/mol. The lowest BCUT2D eigenvalue weighted by Crippen LogP contribution is -2.01. The fourth-order valence-electron chi connectivity index (χ4n) is 2.46. The van der Waals surface area contributed by atoms with Crippen LogP contribution >= 0.6 is 0 Å². The van der Waals surface area contributed by atoms with Gasteiger partial charge in [0.2, 0.25) is 0 Å². The topological polar surface area (TPSA) is 24.1 Å². The van der Waals surface area contributed by atoms with Crippen molar-refractivity contribution in [2.75, 3.05) is 10.6 Å².